The number of amides is 1. The van der Waals surface area contributed by atoms with Crippen LogP contribution in [0.2, 0.25) is 0 Å². The first-order valence-electron chi connectivity index (χ1n) is 3.62. The summed E-state index contributed by atoms with van der Waals surface area (Å²) in [5.74, 6) is 4.63. The molecule has 2 aromatic rings. The zero-order valence-electron chi connectivity index (χ0n) is 6.64. The molecule has 0 aliphatic rings. The number of nitrogen functional groups attached to an aromatic ring is 1. The summed E-state index contributed by atoms with van der Waals surface area (Å²) in [6.45, 7) is 0. The summed E-state index contributed by atoms with van der Waals surface area (Å²) in [4.78, 5) is 11.2. The minimum Gasteiger partial charge on any atom is -0.290 e. The summed E-state index contributed by atoms with van der Waals surface area (Å²) in [6.07, 6.45) is 3.27. The van der Waals surface area contributed by atoms with Crippen LogP contribution in [-0.2, 0) is 0 Å². The molecular formula is C7H7N5O. The number of aromatic nitrogens is 3. The average Bonchev–Trinajstić information content (AvgIpc) is 2.63. The first kappa shape index (κ1) is 7.69. The molecule has 2 aromatic heterocycles. The Morgan fingerprint density at radius 3 is 3.23 bits per heavy atom. The van der Waals surface area contributed by atoms with Crippen LogP contribution in [0, 0.1) is 0 Å². The number of carbonyl (C=O) groups excluding carboxylic acids is 1. The van der Waals surface area contributed by atoms with Crippen LogP contribution in [0.4, 0.5) is 0 Å². The highest BCUT2D eigenvalue weighted by Gasteiger charge is 2.09. The second-order valence-electron chi connectivity index (χ2n) is 2.46. The van der Waals surface area contributed by atoms with Crippen molar-refractivity contribution in [3.8, 4) is 0 Å². The van der Waals surface area contributed by atoms with Gasteiger partial charge in [0.05, 0.1) is 5.56 Å². The molecule has 0 aliphatic heterocycles. The van der Waals surface area contributed by atoms with Crippen molar-refractivity contribution in [2.24, 2.45) is 5.84 Å². The zero-order valence-corrected chi connectivity index (χ0v) is 6.64. The standard InChI is InChI=1S/C7H7N5O/c8-10-7(13)5-2-1-3-12-4-9-11-6(5)12/h1-4H,8H2,(H,10,13). The molecule has 0 atom stereocenters. The molecule has 0 radical (unpaired) electrons. The summed E-state index contributed by atoms with van der Waals surface area (Å²) in [5, 5.41) is 7.46. The molecule has 13 heavy (non-hydrogen) atoms. The lowest BCUT2D eigenvalue weighted by molar-refractivity contribution is 0.0955. The van der Waals surface area contributed by atoms with Crippen molar-refractivity contribution >= 4 is 11.6 Å². The molecular weight excluding hydrogens is 170 g/mol. The molecule has 6 heteroatoms. The largest absolute Gasteiger partial charge is 0.290 e. The van der Waals surface area contributed by atoms with Crippen LogP contribution in [0.15, 0.2) is 24.7 Å². The Morgan fingerprint density at radius 2 is 2.46 bits per heavy atom. The molecule has 0 saturated carbocycles. The van der Waals surface area contributed by atoms with Crippen LogP contribution in [0.3, 0.4) is 0 Å². The number of hydrogen-bond acceptors (Lipinski definition) is 4. The highest BCUT2D eigenvalue weighted by Crippen LogP contribution is 2.05. The number of hydrogen-bond donors (Lipinski definition) is 2. The van der Waals surface area contributed by atoms with Crippen molar-refractivity contribution in [1.82, 2.24) is 20.0 Å². The third-order valence-corrected chi connectivity index (χ3v) is 1.70. The van der Waals surface area contributed by atoms with E-state index in [9.17, 15) is 4.79 Å². The number of rotatable bonds is 1. The monoisotopic (exact) mass is 177 g/mol. The van der Waals surface area contributed by atoms with E-state index in [1.165, 1.54) is 6.33 Å². The van der Waals surface area contributed by atoms with Gasteiger partial charge in [-0.15, -0.1) is 10.2 Å². The summed E-state index contributed by atoms with van der Waals surface area (Å²) < 4.78 is 1.64. The number of hydrazine groups is 1. The molecule has 0 aliphatic carbocycles. The lowest BCUT2D eigenvalue weighted by Crippen LogP contribution is -2.30. The van der Waals surface area contributed by atoms with Crippen molar-refractivity contribution in [1.29, 1.82) is 0 Å². The first-order valence-corrected chi connectivity index (χ1v) is 3.62. The average molecular weight is 177 g/mol. The van der Waals surface area contributed by atoms with Gasteiger partial charge >= 0.3 is 0 Å². The van der Waals surface area contributed by atoms with E-state index in [4.69, 9.17) is 5.84 Å². The van der Waals surface area contributed by atoms with E-state index in [0.717, 1.165) is 0 Å². The van der Waals surface area contributed by atoms with E-state index in [1.54, 1.807) is 22.7 Å². The Morgan fingerprint density at radius 1 is 1.62 bits per heavy atom. The Bertz CT molecular complexity index is 449. The minimum absolute atomic E-state index is 0.376. The van der Waals surface area contributed by atoms with E-state index < -0.39 is 0 Å². The normalized spacial score (nSPS) is 10.2. The van der Waals surface area contributed by atoms with E-state index in [1.807, 2.05) is 5.43 Å². The number of fused-ring (bicyclic) bond motifs is 1. The van der Waals surface area contributed by atoms with Gasteiger partial charge in [-0.2, -0.15) is 0 Å². The molecule has 0 aromatic carbocycles. The fourth-order valence-corrected chi connectivity index (χ4v) is 1.11. The van der Waals surface area contributed by atoms with Gasteiger partial charge in [-0.25, -0.2) is 5.84 Å². The van der Waals surface area contributed by atoms with Gasteiger partial charge in [-0.1, -0.05) is 0 Å². The van der Waals surface area contributed by atoms with Crippen molar-refractivity contribution in [2.75, 3.05) is 0 Å². The van der Waals surface area contributed by atoms with Crippen LogP contribution in [-0.4, -0.2) is 20.5 Å². The molecule has 0 fully saturated rings. The number of nitrogens with two attached hydrogens (primary N) is 1. The number of carbonyl (C=O) groups is 1. The second kappa shape index (κ2) is 2.83. The molecule has 2 heterocycles. The number of nitrogens with one attached hydrogen (secondary N) is 1. The zero-order chi connectivity index (χ0) is 9.26. The summed E-state index contributed by atoms with van der Waals surface area (Å²) in [6, 6.07) is 3.35. The highest BCUT2D eigenvalue weighted by molar-refractivity contribution is 5.99. The fourth-order valence-electron chi connectivity index (χ4n) is 1.11. The number of nitrogens with zero attached hydrogens (tertiary/aromatic N) is 3. The van der Waals surface area contributed by atoms with Gasteiger partial charge in [-0.05, 0) is 12.1 Å². The second-order valence-corrected chi connectivity index (χ2v) is 2.46. The van der Waals surface area contributed by atoms with Crippen LogP contribution < -0.4 is 11.3 Å². The Labute approximate surface area is 73.3 Å². The summed E-state index contributed by atoms with van der Waals surface area (Å²) in [7, 11) is 0. The molecule has 1 amide bonds. The van der Waals surface area contributed by atoms with Crippen molar-refractivity contribution < 1.29 is 4.79 Å². The topological polar surface area (TPSA) is 85.3 Å². The third-order valence-electron chi connectivity index (χ3n) is 1.70. The van der Waals surface area contributed by atoms with Gasteiger partial charge in [0.1, 0.15) is 6.33 Å². The fraction of sp³-hybridized carbons (Fsp3) is 0. The van der Waals surface area contributed by atoms with Gasteiger partial charge in [0.15, 0.2) is 5.65 Å². The molecule has 2 rings (SSSR count). The first-order chi connectivity index (χ1) is 6.33. The minimum atomic E-state index is -0.376. The predicted octanol–water partition coefficient (Wildman–Crippen LogP) is -0.667. The molecule has 0 saturated heterocycles. The molecule has 0 bridgehead atoms. The molecule has 66 valence electrons. The van der Waals surface area contributed by atoms with Gasteiger partial charge in [0.2, 0.25) is 0 Å². The lowest BCUT2D eigenvalue weighted by Gasteiger charge is -1.99. The van der Waals surface area contributed by atoms with Crippen LogP contribution in [0.5, 0.6) is 0 Å². The predicted molar refractivity (Wildman–Crippen MR) is 44.6 cm³/mol. The van der Waals surface area contributed by atoms with Crippen molar-refractivity contribution in [3.63, 3.8) is 0 Å². The summed E-state index contributed by atoms with van der Waals surface area (Å²) in [5.41, 5.74) is 2.94. The molecule has 0 unspecified atom stereocenters. The van der Waals surface area contributed by atoms with Crippen LogP contribution in [0.25, 0.3) is 5.65 Å². The van der Waals surface area contributed by atoms with Crippen molar-refractivity contribution in [2.45, 2.75) is 0 Å². The van der Waals surface area contributed by atoms with Crippen LogP contribution >= 0.6 is 0 Å². The Hall–Kier alpha value is -1.95. The van der Waals surface area contributed by atoms with Gasteiger partial charge in [0, 0.05) is 6.20 Å². The van der Waals surface area contributed by atoms with Crippen molar-refractivity contribution in [3.05, 3.63) is 30.2 Å². The maximum atomic E-state index is 11.2. The van der Waals surface area contributed by atoms with E-state index in [0.29, 0.717) is 11.2 Å². The van der Waals surface area contributed by atoms with Crippen LogP contribution in [0.1, 0.15) is 10.4 Å². The number of pyridine rings is 1. The van der Waals surface area contributed by atoms with Gasteiger partial charge < -0.3 is 0 Å². The molecule has 0 spiro atoms. The maximum Gasteiger partial charge on any atom is 0.269 e. The maximum absolute atomic E-state index is 11.2. The van der Waals surface area contributed by atoms with Gasteiger partial charge in [-0.3, -0.25) is 14.6 Å². The molecule has 6 nitrogen and oxygen atoms in total. The summed E-state index contributed by atoms with van der Waals surface area (Å²) >= 11 is 0. The third kappa shape index (κ3) is 1.13. The Balaban J connectivity index is 2.67. The molecule has 3 N–H and O–H groups in total. The van der Waals surface area contributed by atoms with Gasteiger partial charge in [0.25, 0.3) is 5.91 Å². The SMILES string of the molecule is NNC(=O)c1cccn2cnnc12. The van der Waals surface area contributed by atoms with E-state index >= 15 is 0 Å². The Kier molecular flexibility index (Phi) is 1.67. The van der Waals surface area contributed by atoms with E-state index in [2.05, 4.69) is 10.2 Å². The quantitative estimate of drug-likeness (QED) is 0.344. The smallest absolute Gasteiger partial charge is 0.269 e. The highest BCUT2D eigenvalue weighted by atomic mass is 16.2. The lowest BCUT2D eigenvalue weighted by atomic mass is 10.2. The van der Waals surface area contributed by atoms with E-state index in [-0.39, 0.29) is 5.91 Å².